The third-order valence-corrected chi connectivity index (χ3v) is 4.98. The van der Waals surface area contributed by atoms with E-state index in [0.717, 1.165) is 10.6 Å². The molecular weight excluding hydrogens is 427 g/mol. The van der Waals surface area contributed by atoms with Gasteiger partial charge in [-0.15, -0.1) is 11.8 Å². The highest BCUT2D eigenvalue weighted by Gasteiger charge is 2.28. The SMILES string of the molecule is O=C(NCc1cccc(OCC(F)(F)F)c1)Nc1cccc(CSc2ccccn2)c1. The van der Waals surface area contributed by atoms with E-state index in [1.54, 1.807) is 36.2 Å². The molecule has 5 nitrogen and oxygen atoms in total. The minimum atomic E-state index is -4.40. The Labute approximate surface area is 182 Å². The van der Waals surface area contributed by atoms with Gasteiger partial charge in [0.1, 0.15) is 5.75 Å². The van der Waals surface area contributed by atoms with Crippen LogP contribution in [0.4, 0.5) is 23.7 Å². The summed E-state index contributed by atoms with van der Waals surface area (Å²) in [5, 5.41) is 6.35. The zero-order valence-electron chi connectivity index (χ0n) is 16.4. The van der Waals surface area contributed by atoms with E-state index in [4.69, 9.17) is 4.74 Å². The van der Waals surface area contributed by atoms with Crippen LogP contribution in [0.5, 0.6) is 5.75 Å². The first-order valence-corrected chi connectivity index (χ1v) is 10.3. The summed E-state index contributed by atoms with van der Waals surface area (Å²) in [6.07, 6.45) is -2.67. The van der Waals surface area contributed by atoms with Gasteiger partial charge < -0.3 is 15.4 Å². The predicted octanol–water partition coefficient (Wildman–Crippen LogP) is 5.64. The lowest BCUT2D eigenvalue weighted by Crippen LogP contribution is -2.28. The minimum absolute atomic E-state index is 0.0927. The van der Waals surface area contributed by atoms with Gasteiger partial charge in [0, 0.05) is 24.2 Å². The van der Waals surface area contributed by atoms with Crippen LogP contribution >= 0.6 is 11.8 Å². The smallest absolute Gasteiger partial charge is 0.422 e. The van der Waals surface area contributed by atoms with Crippen LogP contribution in [-0.4, -0.2) is 23.8 Å². The van der Waals surface area contributed by atoms with Crippen LogP contribution in [0.25, 0.3) is 0 Å². The highest BCUT2D eigenvalue weighted by Crippen LogP contribution is 2.22. The Kier molecular flexibility index (Phi) is 7.77. The molecule has 2 N–H and O–H groups in total. The average Bonchev–Trinajstić information content (AvgIpc) is 2.76. The zero-order valence-corrected chi connectivity index (χ0v) is 17.2. The van der Waals surface area contributed by atoms with Crippen molar-refractivity contribution < 1.29 is 22.7 Å². The van der Waals surface area contributed by atoms with Crippen molar-refractivity contribution in [3.05, 3.63) is 84.1 Å². The third kappa shape index (κ3) is 8.21. The number of rotatable bonds is 8. The normalized spacial score (nSPS) is 11.1. The fourth-order valence-electron chi connectivity index (χ4n) is 2.60. The summed E-state index contributed by atoms with van der Waals surface area (Å²) >= 11 is 1.59. The van der Waals surface area contributed by atoms with Crippen molar-refractivity contribution in [1.82, 2.24) is 10.3 Å². The molecule has 0 bridgehead atoms. The number of hydrogen-bond donors (Lipinski definition) is 2. The number of amides is 2. The van der Waals surface area contributed by atoms with E-state index < -0.39 is 18.8 Å². The number of nitrogens with one attached hydrogen (secondary N) is 2. The Morgan fingerprint density at radius 1 is 1.00 bits per heavy atom. The molecule has 1 aromatic heterocycles. The molecule has 0 saturated carbocycles. The van der Waals surface area contributed by atoms with Gasteiger partial charge in [-0.05, 0) is 47.5 Å². The van der Waals surface area contributed by atoms with Crippen LogP contribution in [0.15, 0.2) is 78.0 Å². The van der Waals surface area contributed by atoms with Gasteiger partial charge in [-0.25, -0.2) is 9.78 Å². The lowest BCUT2D eigenvalue weighted by molar-refractivity contribution is -0.153. The van der Waals surface area contributed by atoms with E-state index in [9.17, 15) is 18.0 Å². The Morgan fingerprint density at radius 2 is 1.81 bits per heavy atom. The van der Waals surface area contributed by atoms with Crippen LogP contribution in [0.2, 0.25) is 0 Å². The van der Waals surface area contributed by atoms with Crippen LogP contribution in [0.3, 0.4) is 0 Å². The summed E-state index contributed by atoms with van der Waals surface area (Å²) in [4.78, 5) is 16.5. The number of ether oxygens (including phenoxy) is 1. The number of alkyl halides is 3. The second-order valence-electron chi connectivity index (χ2n) is 6.52. The lowest BCUT2D eigenvalue weighted by Gasteiger charge is -2.11. The van der Waals surface area contributed by atoms with E-state index in [1.165, 1.54) is 12.1 Å². The number of carbonyl (C=O) groups is 1. The first-order valence-electron chi connectivity index (χ1n) is 9.33. The number of urea groups is 1. The molecule has 0 unspecified atom stereocenters. The van der Waals surface area contributed by atoms with Crippen molar-refractivity contribution >= 4 is 23.5 Å². The molecule has 0 fully saturated rings. The van der Waals surface area contributed by atoms with Crippen LogP contribution in [0.1, 0.15) is 11.1 Å². The molecule has 0 saturated heterocycles. The van der Waals surface area contributed by atoms with E-state index >= 15 is 0 Å². The van der Waals surface area contributed by atoms with Gasteiger partial charge in [0.25, 0.3) is 0 Å². The van der Waals surface area contributed by atoms with Crippen LogP contribution in [-0.2, 0) is 12.3 Å². The summed E-state index contributed by atoms with van der Waals surface area (Å²) in [5.41, 5.74) is 2.29. The third-order valence-electron chi connectivity index (χ3n) is 3.96. The molecular formula is C22H20F3N3O2S. The molecule has 31 heavy (non-hydrogen) atoms. The molecule has 0 aliphatic carbocycles. The molecule has 162 valence electrons. The summed E-state index contributed by atoms with van der Waals surface area (Å²) in [6.45, 7) is -1.22. The number of carbonyl (C=O) groups excluding carboxylic acids is 1. The number of benzene rings is 2. The molecule has 1 heterocycles. The maximum Gasteiger partial charge on any atom is 0.422 e. The summed E-state index contributed by atoms with van der Waals surface area (Å²) in [7, 11) is 0. The monoisotopic (exact) mass is 447 g/mol. The molecule has 3 aromatic rings. The molecule has 9 heteroatoms. The lowest BCUT2D eigenvalue weighted by atomic mass is 10.2. The Morgan fingerprint density at radius 3 is 2.58 bits per heavy atom. The zero-order chi connectivity index (χ0) is 22.1. The second-order valence-corrected chi connectivity index (χ2v) is 7.51. The van der Waals surface area contributed by atoms with Gasteiger partial charge in [0.15, 0.2) is 6.61 Å². The minimum Gasteiger partial charge on any atom is -0.484 e. The molecule has 0 atom stereocenters. The standard InChI is InChI=1S/C22H20F3N3O2S/c23-22(24,25)15-30-19-8-4-5-16(12-19)13-27-21(29)28-18-7-3-6-17(11-18)14-31-20-9-1-2-10-26-20/h1-12H,13-15H2,(H2,27,28,29). The molecule has 0 spiro atoms. The number of pyridine rings is 1. The number of nitrogens with zero attached hydrogens (tertiary/aromatic N) is 1. The van der Waals surface area contributed by atoms with Crippen molar-refractivity contribution in [3.63, 3.8) is 0 Å². The topological polar surface area (TPSA) is 63.2 Å². The van der Waals surface area contributed by atoms with Gasteiger partial charge in [-0.3, -0.25) is 0 Å². The quantitative estimate of drug-likeness (QED) is 0.439. The molecule has 0 aliphatic rings. The maximum absolute atomic E-state index is 12.3. The van der Waals surface area contributed by atoms with Gasteiger partial charge in [0.05, 0.1) is 5.03 Å². The first kappa shape index (κ1) is 22.5. The number of halogens is 3. The fraction of sp³-hybridized carbons (Fsp3) is 0.182. The average molecular weight is 447 g/mol. The number of anilines is 1. The van der Waals surface area contributed by atoms with Crippen LogP contribution < -0.4 is 15.4 Å². The maximum atomic E-state index is 12.3. The van der Waals surface area contributed by atoms with Gasteiger partial charge >= 0.3 is 12.2 Å². The van der Waals surface area contributed by atoms with Crippen molar-refractivity contribution in [2.75, 3.05) is 11.9 Å². The van der Waals surface area contributed by atoms with Crippen LogP contribution in [0, 0.1) is 0 Å². The predicted molar refractivity (Wildman–Crippen MR) is 114 cm³/mol. The summed E-state index contributed by atoms with van der Waals surface area (Å²) < 4.78 is 41.5. The highest BCUT2D eigenvalue weighted by molar-refractivity contribution is 7.98. The largest absolute Gasteiger partial charge is 0.484 e. The summed E-state index contributed by atoms with van der Waals surface area (Å²) in [5.74, 6) is 0.800. The molecule has 0 aliphatic heterocycles. The summed E-state index contributed by atoms with van der Waals surface area (Å²) in [6, 6.07) is 18.9. The number of aromatic nitrogens is 1. The number of thioether (sulfide) groups is 1. The first-order chi connectivity index (χ1) is 14.9. The van der Waals surface area contributed by atoms with Gasteiger partial charge in [0.2, 0.25) is 0 Å². The van der Waals surface area contributed by atoms with Gasteiger partial charge in [-0.2, -0.15) is 13.2 Å². The Balaban J connectivity index is 1.48. The second kappa shape index (κ2) is 10.7. The van der Waals surface area contributed by atoms with E-state index in [1.807, 2.05) is 36.4 Å². The molecule has 0 radical (unpaired) electrons. The fourth-order valence-corrected chi connectivity index (χ4v) is 3.40. The van der Waals surface area contributed by atoms with Crippen molar-refractivity contribution in [3.8, 4) is 5.75 Å². The molecule has 3 rings (SSSR count). The number of hydrogen-bond acceptors (Lipinski definition) is 4. The van der Waals surface area contributed by atoms with E-state index in [-0.39, 0.29) is 12.3 Å². The molecule has 2 aromatic carbocycles. The van der Waals surface area contributed by atoms with Crippen molar-refractivity contribution in [1.29, 1.82) is 0 Å². The van der Waals surface area contributed by atoms with E-state index in [0.29, 0.717) is 17.0 Å². The van der Waals surface area contributed by atoms with Crippen molar-refractivity contribution in [2.45, 2.75) is 23.5 Å². The van der Waals surface area contributed by atoms with Crippen molar-refractivity contribution in [2.24, 2.45) is 0 Å². The van der Waals surface area contributed by atoms with E-state index in [2.05, 4.69) is 15.6 Å². The Bertz CT molecular complexity index is 1000. The Hall–Kier alpha value is -3.20. The molecule has 2 amide bonds. The highest BCUT2D eigenvalue weighted by atomic mass is 32.2. The van der Waals surface area contributed by atoms with Gasteiger partial charge in [-0.1, -0.05) is 30.3 Å².